The molecule has 2 aliphatic rings. The van der Waals surface area contributed by atoms with E-state index in [1.165, 1.54) is 0 Å². The molecule has 5 N–H and O–H groups in total. The number of hydrogen-bond donors (Lipinski definition) is 5. The molecule has 7 rings (SSSR count). The van der Waals surface area contributed by atoms with Crippen molar-refractivity contribution in [3.63, 3.8) is 0 Å². The molecule has 55 heavy (non-hydrogen) atoms. The Morgan fingerprint density at radius 2 is 1.55 bits per heavy atom. The molecule has 0 saturated heterocycles. The van der Waals surface area contributed by atoms with Crippen LogP contribution < -0.4 is 18.9 Å². The maximum absolute atomic E-state index is 12.5. The highest BCUT2D eigenvalue weighted by molar-refractivity contribution is 5.96. The van der Waals surface area contributed by atoms with Gasteiger partial charge in [0.15, 0.2) is 0 Å². The monoisotopic (exact) mass is 752 g/mol. The predicted molar refractivity (Wildman–Crippen MR) is 207 cm³/mol. The zero-order chi connectivity index (χ0) is 38.6. The van der Waals surface area contributed by atoms with Gasteiger partial charge in [0.2, 0.25) is 0 Å². The highest BCUT2D eigenvalue weighted by Gasteiger charge is 2.49. The molecule has 2 aliphatic heterocycles. The fourth-order valence-corrected chi connectivity index (χ4v) is 8.21. The molecule has 0 radical (unpaired) electrons. The summed E-state index contributed by atoms with van der Waals surface area (Å²) in [6, 6.07) is 22.7. The van der Waals surface area contributed by atoms with Gasteiger partial charge in [0.25, 0.3) is 0 Å². The molecule has 0 unspecified atom stereocenters. The van der Waals surface area contributed by atoms with Crippen LogP contribution in [0.25, 0.3) is 21.9 Å². The lowest BCUT2D eigenvalue weighted by Crippen LogP contribution is -2.46. The SMILES string of the molecule is COCCC[C@@H]1Oc2c(cc(OC)c3cc(O)ccc23)[C@H](OCCCO)[C@@H]1[C@@H]1COc2c(Cc3cc(O)ccc3-c3cccc(O)c3)cc(OC)cc2[C@H]1O. The Labute approximate surface area is 320 Å². The zero-order valence-corrected chi connectivity index (χ0v) is 31.2. The van der Waals surface area contributed by atoms with E-state index in [2.05, 4.69) is 0 Å². The van der Waals surface area contributed by atoms with Crippen LogP contribution in [0, 0.1) is 11.8 Å². The van der Waals surface area contributed by atoms with Gasteiger partial charge in [-0.3, -0.25) is 0 Å². The molecular weight excluding hydrogens is 704 g/mol. The lowest BCUT2D eigenvalue weighted by molar-refractivity contribution is -0.113. The number of hydrogen-bond acceptors (Lipinski definition) is 11. The molecule has 2 heterocycles. The van der Waals surface area contributed by atoms with E-state index in [0.717, 1.165) is 33.2 Å². The molecule has 0 amide bonds. The first-order valence-corrected chi connectivity index (χ1v) is 18.6. The average Bonchev–Trinajstić information content (AvgIpc) is 3.18. The second kappa shape index (κ2) is 16.7. The van der Waals surface area contributed by atoms with Crippen molar-refractivity contribution in [2.75, 3.05) is 47.8 Å². The van der Waals surface area contributed by atoms with Crippen molar-refractivity contribution in [1.29, 1.82) is 0 Å². The highest BCUT2D eigenvalue weighted by atomic mass is 16.5. The standard InChI is InChI=1S/C44H48O11/c1-50-15-5-9-38-40(44(53-16-6-14-45)36-23-39(52-3)34-21-30(48)11-13-33(34)43(36)55-38)37-24-54-42-27(20-31(51-2)22-35(42)41(37)49)17-26-19-29(47)10-12-32(26)25-7-4-8-28(46)18-25/h4,7-8,10-13,18-23,37-38,40-41,44-49H,5-6,9,14-17,24H2,1-3H3/t37-,38-,40+,41+,44-/m0/s1. The summed E-state index contributed by atoms with van der Waals surface area (Å²) in [4.78, 5) is 0. The van der Waals surface area contributed by atoms with E-state index in [0.29, 0.717) is 66.2 Å². The van der Waals surface area contributed by atoms with Gasteiger partial charge in [0.1, 0.15) is 46.4 Å². The molecule has 11 nitrogen and oxygen atoms in total. The fourth-order valence-electron chi connectivity index (χ4n) is 8.21. The Hall–Kier alpha value is -5.20. The Bertz CT molecular complexity index is 2130. The summed E-state index contributed by atoms with van der Waals surface area (Å²) in [6.45, 7) is 0.881. The van der Waals surface area contributed by atoms with Crippen molar-refractivity contribution < 1.29 is 54.0 Å². The number of methoxy groups -OCH3 is 3. The molecule has 0 saturated carbocycles. The molecule has 290 valence electrons. The number of ether oxygens (including phenoxy) is 6. The summed E-state index contributed by atoms with van der Waals surface area (Å²) in [6.07, 6.45) is 0.00828. The van der Waals surface area contributed by atoms with Crippen LogP contribution in [-0.2, 0) is 15.9 Å². The van der Waals surface area contributed by atoms with Crippen LogP contribution in [0.1, 0.15) is 53.7 Å². The van der Waals surface area contributed by atoms with Gasteiger partial charge >= 0.3 is 0 Å². The third-order valence-electron chi connectivity index (χ3n) is 10.7. The molecule has 0 bridgehead atoms. The molecule has 5 aromatic rings. The Kier molecular flexibility index (Phi) is 11.5. The minimum absolute atomic E-state index is 0.0459. The first-order valence-electron chi connectivity index (χ1n) is 18.6. The van der Waals surface area contributed by atoms with E-state index in [1.54, 1.807) is 69.9 Å². The van der Waals surface area contributed by atoms with E-state index < -0.39 is 30.1 Å². The number of phenolic OH excluding ortho intramolecular Hbond substituents is 3. The van der Waals surface area contributed by atoms with Crippen LogP contribution in [-0.4, -0.2) is 79.4 Å². The average molecular weight is 753 g/mol. The topological polar surface area (TPSA) is 157 Å². The van der Waals surface area contributed by atoms with Gasteiger partial charge < -0.3 is 54.0 Å². The zero-order valence-electron chi connectivity index (χ0n) is 31.2. The van der Waals surface area contributed by atoms with Gasteiger partial charge in [0, 0.05) is 72.6 Å². The minimum atomic E-state index is -1.02. The molecule has 0 aliphatic carbocycles. The molecule has 5 atom stereocenters. The van der Waals surface area contributed by atoms with Crippen LogP contribution in [0.15, 0.2) is 78.9 Å². The largest absolute Gasteiger partial charge is 0.508 e. The van der Waals surface area contributed by atoms with E-state index in [9.17, 15) is 25.5 Å². The third-order valence-corrected chi connectivity index (χ3v) is 10.7. The number of aliphatic hydroxyl groups excluding tert-OH is 2. The second-order valence-corrected chi connectivity index (χ2v) is 14.2. The van der Waals surface area contributed by atoms with E-state index >= 15 is 0 Å². The van der Waals surface area contributed by atoms with Crippen molar-refractivity contribution in [3.05, 3.63) is 101 Å². The Balaban J connectivity index is 1.31. The van der Waals surface area contributed by atoms with Crippen molar-refractivity contribution in [2.24, 2.45) is 11.8 Å². The maximum Gasteiger partial charge on any atom is 0.133 e. The normalized spacial score (nSPS) is 20.3. The van der Waals surface area contributed by atoms with Crippen LogP contribution in [0.4, 0.5) is 0 Å². The number of aromatic hydroxyl groups is 3. The second-order valence-electron chi connectivity index (χ2n) is 14.2. The summed E-state index contributed by atoms with van der Waals surface area (Å²) in [5.41, 5.74) is 4.48. The van der Waals surface area contributed by atoms with E-state index in [-0.39, 0.29) is 37.1 Å². The maximum atomic E-state index is 12.5. The molecule has 11 heteroatoms. The van der Waals surface area contributed by atoms with Crippen LogP contribution in [0.3, 0.4) is 0 Å². The van der Waals surface area contributed by atoms with Gasteiger partial charge in [-0.05, 0) is 96.6 Å². The quantitative estimate of drug-likeness (QED) is 0.0731. The summed E-state index contributed by atoms with van der Waals surface area (Å²) in [7, 11) is 4.81. The van der Waals surface area contributed by atoms with Gasteiger partial charge in [-0.2, -0.15) is 0 Å². The van der Waals surface area contributed by atoms with E-state index in [1.807, 2.05) is 30.3 Å². The van der Waals surface area contributed by atoms with Crippen molar-refractivity contribution in [3.8, 4) is 51.4 Å². The first kappa shape index (κ1) is 38.1. The number of fused-ring (bicyclic) bond motifs is 4. The molecule has 5 aromatic carbocycles. The number of aliphatic hydroxyl groups is 2. The summed E-state index contributed by atoms with van der Waals surface area (Å²) in [5, 5.41) is 54.8. The molecular formula is C44H48O11. The van der Waals surface area contributed by atoms with Gasteiger partial charge in [-0.15, -0.1) is 0 Å². The van der Waals surface area contributed by atoms with Gasteiger partial charge in [-0.25, -0.2) is 0 Å². The summed E-state index contributed by atoms with van der Waals surface area (Å²) >= 11 is 0. The minimum Gasteiger partial charge on any atom is -0.508 e. The highest BCUT2D eigenvalue weighted by Crippen LogP contribution is 2.54. The Morgan fingerprint density at radius 1 is 0.745 bits per heavy atom. The predicted octanol–water partition coefficient (Wildman–Crippen LogP) is 7.22. The fraction of sp³-hybridized carbons (Fsp3) is 0.364. The summed E-state index contributed by atoms with van der Waals surface area (Å²) < 4.78 is 37.3. The molecule has 0 spiro atoms. The summed E-state index contributed by atoms with van der Waals surface area (Å²) in [5.74, 6) is 1.64. The van der Waals surface area contributed by atoms with Crippen LogP contribution in [0.2, 0.25) is 0 Å². The third kappa shape index (κ3) is 7.70. The lowest BCUT2D eigenvalue weighted by atomic mass is 9.72. The van der Waals surface area contributed by atoms with Crippen molar-refractivity contribution in [1.82, 2.24) is 0 Å². The lowest BCUT2D eigenvalue weighted by Gasteiger charge is -2.46. The van der Waals surface area contributed by atoms with Gasteiger partial charge in [-0.1, -0.05) is 18.2 Å². The van der Waals surface area contributed by atoms with Crippen LogP contribution in [0.5, 0.6) is 40.2 Å². The first-order chi connectivity index (χ1) is 26.7. The number of benzene rings is 5. The number of rotatable bonds is 14. The molecule has 0 aromatic heterocycles. The van der Waals surface area contributed by atoms with Crippen LogP contribution >= 0.6 is 0 Å². The number of phenols is 3. The smallest absolute Gasteiger partial charge is 0.133 e. The van der Waals surface area contributed by atoms with Crippen molar-refractivity contribution >= 4 is 10.8 Å². The molecule has 0 fully saturated rings. The Morgan fingerprint density at radius 3 is 2.31 bits per heavy atom. The van der Waals surface area contributed by atoms with E-state index in [4.69, 9.17) is 28.4 Å². The van der Waals surface area contributed by atoms with Gasteiger partial charge in [0.05, 0.1) is 33.0 Å². The van der Waals surface area contributed by atoms with Crippen molar-refractivity contribution in [2.45, 2.75) is 44.0 Å².